The summed E-state index contributed by atoms with van der Waals surface area (Å²) >= 11 is 0. The van der Waals surface area contributed by atoms with Crippen LogP contribution in [0.25, 0.3) is 0 Å². The van der Waals surface area contributed by atoms with Crippen LogP contribution in [0.2, 0.25) is 0 Å². The van der Waals surface area contributed by atoms with E-state index < -0.39 is 0 Å². The van der Waals surface area contributed by atoms with E-state index in [4.69, 9.17) is 4.52 Å². The monoisotopic (exact) mass is 251 g/mol. The van der Waals surface area contributed by atoms with E-state index in [0.717, 1.165) is 37.0 Å². The van der Waals surface area contributed by atoms with Gasteiger partial charge in [0.05, 0.1) is 12.2 Å². The predicted octanol–water partition coefficient (Wildman–Crippen LogP) is 2.19. The van der Waals surface area contributed by atoms with Gasteiger partial charge >= 0.3 is 0 Å². The maximum absolute atomic E-state index is 5.33. The minimum atomic E-state index is 0.539. The third-order valence-corrected chi connectivity index (χ3v) is 3.66. The second-order valence-electron chi connectivity index (χ2n) is 5.67. The van der Waals surface area contributed by atoms with Crippen molar-refractivity contribution in [3.63, 3.8) is 0 Å². The number of nitrogens with zero attached hydrogens (tertiary/aromatic N) is 2. The highest BCUT2D eigenvalue weighted by atomic mass is 16.5. The summed E-state index contributed by atoms with van der Waals surface area (Å²) in [7, 11) is 0. The van der Waals surface area contributed by atoms with Gasteiger partial charge in [0.25, 0.3) is 0 Å². The second-order valence-corrected chi connectivity index (χ2v) is 5.67. The molecule has 1 N–H and O–H groups in total. The Hall–Kier alpha value is -0.870. The van der Waals surface area contributed by atoms with Gasteiger partial charge in [-0.2, -0.15) is 0 Å². The Bertz CT molecular complexity index is 356. The molecule has 0 aliphatic carbocycles. The number of aromatic nitrogens is 1. The minimum Gasteiger partial charge on any atom is -0.360 e. The molecule has 2 heterocycles. The van der Waals surface area contributed by atoms with Crippen LogP contribution in [0.3, 0.4) is 0 Å². The predicted molar refractivity (Wildman–Crippen MR) is 72.4 cm³/mol. The maximum atomic E-state index is 5.33. The summed E-state index contributed by atoms with van der Waals surface area (Å²) in [5.74, 6) is 1.75. The fraction of sp³-hybridized carbons (Fsp3) is 0.786. The van der Waals surface area contributed by atoms with Crippen LogP contribution in [-0.2, 0) is 6.54 Å². The van der Waals surface area contributed by atoms with Gasteiger partial charge in [0, 0.05) is 18.7 Å². The molecule has 0 bridgehead atoms. The van der Waals surface area contributed by atoms with E-state index in [0.29, 0.717) is 6.04 Å². The van der Waals surface area contributed by atoms with Crippen LogP contribution >= 0.6 is 0 Å². The van der Waals surface area contributed by atoms with Gasteiger partial charge in [-0.25, -0.2) is 0 Å². The third kappa shape index (κ3) is 3.82. The molecule has 2 rings (SSSR count). The topological polar surface area (TPSA) is 41.3 Å². The van der Waals surface area contributed by atoms with Crippen molar-refractivity contribution in [3.8, 4) is 0 Å². The van der Waals surface area contributed by atoms with Gasteiger partial charge in [-0.15, -0.1) is 0 Å². The lowest BCUT2D eigenvalue weighted by atomic mass is 9.98. The van der Waals surface area contributed by atoms with Gasteiger partial charge in [-0.1, -0.05) is 5.16 Å². The summed E-state index contributed by atoms with van der Waals surface area (Å²) in [6.07, 6.45) is 2.64. The van der Waals surface area contributed by atoms with Crippen molar-refractivity contribution in [1.82, 2.24) is 15.4 Å². The van der Waals surface area contributed by atoms with Gasteiger partial charge in [-0.3, -0.25) is 4.90 Å². The van der Waals surface area contributed by atoms with Crippen molar-refractivity contribution in [2.45, 2.75) is 46.2 Å². The Balaban J connectivity index is 1.90. The lowest BCUT2D eigenvalue weighted by molar-refractivity contribution is 0.148. The largest absolute Gasteiger partial charge is 0.360 e. The molecule has 0 saturated carbocycles. The molecule has 1 atom stereocenters. The van der Waals surface area contributed by atoms with Crippen molar-refractivity contribution in [1.29, 1.82) is 0 Å². The fourth-order valence-electron chi connectivity index (χ4n) is 2.56. The highest BCUT2D eigenvalue weighted by molar-refractivity contribution is 5.03. The molecule has 1 fully saturated rings. The Morgan fingerprint density at radius 1 is 1.56 bits per heavy atom. The first kappa shape index (κ1) is 13.6. The molecule has 18 heavy (non-hydrogen) atoms. The average Bonchev–Trinajstić information content (AvgIpc) is 2.75. The lowest BCUT2D eigenvalue weighted by Crippen LogP contribution is -2.40. The van der Waals surface area contributed by atoms with Gasteiger partial charge < -0.3 is 9.84 Å². The zero-order chi connectivity index (χ0) is 13.0. The first-order valence-electron chi connectivity index (χ1n) is 7.02. The molecule has 1 aliphatic heterocycles. The number of rotatable bonds is 5. The van der Waals surface area contributed by atoms with Crippen LogP contribution in [0.15, 0.2) is 10.6 Å². The highest BCUT2D eigenvalue weighted by Crippen LogP contribution is 2.16. The van der Waals surface area contributed by atoms with Gasteiger partial charge in [0.2, 0.25) is 0 Å². The summed E-state index contributed by atoms with van der Waals surface area (Å²) in [6.45, 7) is 10.8. The van der Waals surface area contributed by atoms with Crippen LogP contribution in [0, 0.1) is 12.8 Å². The van der Waals surface area contributed by atoms with Crippen molar-refractivity contribution in [2.75, 3.05) is 19.6 Å². The second kappa shape index (κ2) is 6.34. The van der Waals surface area contributed by atoms with Crippen LogP contribution in [0.5, 0.6) is 0 Å². The molecular weight excluding hydrogens is 226 g/mol. The maximum Gasteiger partial charge on any atom is 0.150 e. The molecular formula is C14H25N3O. The third-order valence-electron chi connectivity index (χ3n) is 3.66. The molecule has 4 heteroatoms. The summed E-state index contributed by atoms with van der Waals surface area (Å²) in [4.78, 5) is 2.48. The van der Waals surface area contributed by atoms with E-state index in [-0.39, 0.29) is 0 Å². The normalized spacial score (nSPS) is 20.8. The Labute approximate surface area is 110 Å². The summed E-state index contributed by atoms with van der Waals surface area (Å²) in [5, 5.41) is 7.45. The molecule has 1 aliphatic rings. The molecule has 1 aromatic heterocycles. The smallest absolute Gasteiger partial charge is 0.150 e. The van der Waals surface area contributed by atoms with Crippen molar-refractivity contribution < 1.29 is 4.52 Å². The van der Waals surface area contributed by atoms with E-state index in [9.17, 15) is 0 Å². The van der Waals surface area contributed by atoms with E-state index in [2.05, 4.69) is 29.2 Å². The fourth-order valence-corrected chi connectivity index (χ4v) is 2.56. The number of piperidine rings is 1. The summed E-state index contributed by atoms with van der Waals surface area (Å²) < 4.78 is 5.33. The lowest BCUT2D eigenvalue weighted by Gasteiger charge is -2.32. The Kier molecular flexibility index (Phi) is 4.78. The van der Waals surface area contributed by atoms with E-state index in [1.807, 2.05) is 13.0 Å². The first-order valence-corrected chi connectivity index (χ1v) is 7.02. The number of nitrogens with one attached hydrogen (secondary N) is 1. The first-order chi connectivity index (χ1) is 8.65. The molecule has 0 spiro atoms. The molecule has 1 aromatic rings. The molecule has 102 valence electrons. The minimum absolute atomic E-state index is 0.539. The van der Waals surface area contributed by atoms with Gasteiger partial charge in [0.1, 0.15) is 0 Å². The molecule has 0 radical (unpaired) electrons. The van der Waals surface area contributed by atoms with Crippen molar-refractivity contribution in [2.24, 2.45) is 5.92 Å². The van der Waals surface area contributed by atoms with Crippen LogP contribution in [0.4, 0.5) is 0 Å². The standard InChI is InChI=1S/C14H25N3O/c1-11(2)17(9-13-5-4-6-15-8-13)10-14-7-12(3)16-18-14/h7,11,13,15H,4-6,8-10H2,1-3H3. The molecule has 0 amide bonds. The van der Waals surface area contributed by atoms with Crippen LogP contribution in [-0.4, -0.2) is 35.7 Å². The quantitative estimate of drug-likeness (QED) is 0.871. The van der Waals surface area contributed by atoms with Crippen molar-refractivity contribution in [3.05, 3.63) is 17.5 Å². The molecule has 1 saturated heterocycles. The summed E-state index contributed by atoms with van der Waals surface area (Å²) in [6, 6.07) is 2.58. The van der Waals surface area contributed by atoms with Crippen LogP contribution in [0.1, 0.15) is 38.1 Å². The Morgan fingerprint density at radius 2 is 2.39 bits per heavy atom. The summed E-state index contributed by atoms with van der Waals surface area (Å²) in [5.41, 5.74) is 0.966. The number of hydrogen-bond donors (Lipinski definition) is 1. The molecule has 0 aromatic carbocycles. The Morgan fingerprint density at radius 3 is 2.94 bits per heavy atom. The van der Waals surface area contributed by atoms with E-state index in [1.165, 1.54) is 19.4 Å². The van der Waals surface area contributed by atoms with E-state index in [1.54, 1.807) is 0 Å². The van der Waals surface area contributed by atoms with E-state index >= 15 is 0 Å². The number of hydrogen-bond acceptors (Lipinski definition) is 4. The van der Waals surface area contributed by atoms with Crippen molar-refractivity contribution >= 4 is 0 Å². The van der Waals surface area contributed by atoms with Gasteiger partial charge in [0.15, 0.2) is 5.76 Å². The zero-order valence-corrected chi connectivity index (χ0v) is 11.8. The number of aryl methyl sites for hydroxylation is 1. The average molecular weight is 251 g/mol. The van der Waals surface area contributed by atoms with Gasteiger partial charge in [-0.05, 0) is 52.6 Å². The highest BCUT2D eigenvalue weighted by Gasteiger charge is 2.20. The molecule has 4 nitrogen and oxygen atoms in total. The SMILES string of the molecule is Cc1cc(CN(CC2CCCNC2)C(C)C)on1. The van der Waals surface area contributed by atoms with Crippen LogP contribution < -0.4 is 5.32 Å². The zero-order valence-electron chi connectivity index (χ0n) is 11.8. The molecule has 1 unspecified atom stereocenters.